The van der Waals surface area contributed by atoms with Gasteiger partial charge in [-0.1, -0.05) is 6.07 Å². The fourth-order valence-corrected chi connectivity index (χ4v) is 6.11. The molecule has 3 aliphatic rings. The summed E-state index contributed by atoms with van der Waals surface area (Å²) in [6.07, 6.45) is 3.54. The third-order valence-electron chi connectivity index (χ3n) is 7.84. The van der Waals surface area contributed by atoms with E-state index in [2.05, 4.69) is 5.32 Å². The molecular weight excluding hydrogens is 382 g/mol. The van der Waals surface area contributed by atoms with Gasteiger partial charge in [0.15, 0.2) is 0 Å². The highest BCUT2D eigenvalue weighted by Crippen LogP contribution is 2.62. The first-order chi connectivity index (χ1) is 14.3. The first-order valence-corrected chi connectivity index (χ1v) is 10.8. The molecule has 1 saturated carbocycles. The molecule has 1 aromatic rings. The average Bonchev–Trinajstić information content (AvgIpc) is 3.31. The number of carbonyl (C=O) groups is 3. The molecule has 1 spiro atoms. The maximum absolute atomic E-state index is 13.0. The van der Waals surface area contributed by atoms with Crippen LogP contribution >= 0.6 is 0 Å². The Hall–Kier alpha value is -2.57. The van der Waals surface area contributed by atoms with Gasteiger partial charge in [0.25, 0.3) is 5.91 Å². The minimum atomic E-state index is -0.487. The number of hydrogen-bond acceptors (Lipinski definition) is 4. The highest BCUT2D eigenvalue weighted by atomic mass is 16.5. The summed E-state index contributed by atoms with van der Waals surface area (Å²) < 4.78 is 5.25. The predicted molar refractivity (Wildman–Crippen MR) is 112 cm³/mol. The molecule has 1 N–H and O–H groups in total. The minimum Gasteiger partial charge on any atom is -0.497 e. The third kappa shape index (κ3) is 3.15. The van der Waals surface area contributed by atoms with Gasteiger partial charge >= 0.3 is 0 Å². The van der Waals surface area contributed by atoms with E-state index < -0.39 is 5.41 Å². The molecular formula is C23H31N3O4. The van der Waals surface area contributed by atoms with E-state index in [1.807, 2.05) is 28.0 Å². The van der Waals surface area contributed by atoms with E-state index in [9.17, 15) is 14.4 Å². The summed E-state index contributed by atoms with van der Waals surface area (Å²) in [5, 5.41) is 2.86. The third-order valence-corrected chi connectivity index (χ3v) is 7.84. The number of nitrogens with zero attached hydrogens (tertiary/aromatic N) is 2. The lowest BCUT2D eigenvalue weighted by molar-refractivity contribution is -0.133. The molecule has 3 fully saturated rings. The lowest BCUT2D eigenvalue weighted by Crippen LogP contribution is -2.49. The summed E-state index contributed by atoms with van der Waals surface area (Å²) in [7, 11) is 3.28. The van der Waals surface area contributed by atoms with Gasteiger partial charge in [0.1, 0.15) is 5.75 Å². The van der Waals surface area contributed by atoms with Crippen molar-refractivity contribution < 1.29 is 19.1 Å². The number of benzene rings is 1. The van der Waals surface area contributed by atoms with Crippen LogP contribution in [0, 0.1) is 16.7 Å². The SMILES string of the molecule is CNC(=O)[C@@]12CCC3(CCN(C(=O)c4cccc(OC)c4)CC3)[C@@H]1CN(C(C)=O)C2. The Morgan fingerprint density at radius 2 is 1.83 bits per heavy atom. The highest BCUT2D eigenvalue weighted by Gasteiger charge is 2.64. The van der Waals surface area contributed by atoms with Crippen molar-refractivity contribution in [1.82, 2.24) is 15.1 Å². The van der Waals surface area contributed by atoms with Crippen LogP contribution in [0.1, 0.15) is 43.0 Å². The molecule has 2 saturated heterocycles. The van der Waals surface area contributed by atoms with Crippen LogP contribution in [0.2, 0.25) is 0 Å². The Morgan fingerprint density at radius 1 is 1.10 bits per heavy atom. The number of methoxy groups -OCH3 is 1. The van der Waals surface area contributed by atoms with Gasteiger partial charge < -0.3 is 19.9 Å². The Kier molecular flexibility index (Phi) is 5.24. The quantitative estimate of drug-likeness (QED) is 0.821. The van der Waals surface area contributed by atoms with E-state index >= 15 is 0 Å². The lowest BCUT2D eigenvalue weighted by atomic mass is 9.65. The minimum absolute atomic E-state index is 0.0157. The van der Waals surface area contributed by atoms with Crippen LogP contribution in [-0.4, -0.2) is 67.9 Å². The fraction of sp³-hybridized carbons (Fsp3) is 0.609. The topological polar surface area (TPSA) is 79.0 Å². The summed E-state index contributed by atoms with van der Waals surface area (Å²) >= 11 is 0. The van der Waals surface area contributed by atoms with Crippen LogP contribution in [0.4, 0.5) is 0 Å². The van der Waals surface area contributed by atoms with Gasteiger partial charge in [-0.05, 0) is 55.2 Å². The zero-order valence-corrected chi connectivity index (χ0v) is 18.1. The number of amides is 3. The summed E-state index contributed by atoms with van der Waals surface area (Å²) in [6, 6.07) is 7.27. The van der Waals surface area contributed by atoms with Gasteiger partial charge in [-0.3, -0.25) is 14.4 Å². The smallest absolute Gasteiger partial charge is 0.253 e. The van der Waals surface area contributed by atoms with Crippen LogP contribution in [0.25, 0.3) is 0 Å². The zero-order valence-electron chi connectivity index (χ0n) is 18.1. The van der Waals surface area contributed by atoms with Gasteiger partial charge in [-0.15, -0.1) is 0 Å². The first-order valence-electron chi connectivity index (χ1n) is 10.8. The van der Waals surface area contributed by atoms with Crippen LogP contribution in [0.3, 0.4) is 0 Å². The number of fused-ring (bicyclic) bond motifs is 2. The molecule has 0 unspecified atom stereocenters. The van der Waals surface area contributed by atoms with E-state index in [1.54, 1.807) is 27.1 Å². The predicted octanol–water partition coefficient (Wildman–Crippen LogP) is 1.92. The molecule has 2 atom stereocenters. The largest absolute Gasteiger partial charge is 0.497 e. The normalized spacial score (nSPS) is 27.1. The summed E-state index contributed by atoms with van der Waals surface area (Å²) in [4.78, 5) is 41.8. The summed E-state index contributed by atoms with van der Waals surface area (Å²) in [6.45, 7) is 4.10. The number of ether oxygens (including phenoxy) is 1. The monoisotopic (exact) mass is 413 g/mol. The summed E-state index contributed by atoms with van der Waals surface area (Å²) in [5.41, 5.74) is 0.168. The Morgan fingerprint density at radius 3 is 2.47 bits per heavy atom. The van der Waals surface area contributed by atoms with Crippen LogP contribution < -0.4 is 10.1 Å². The van der Waals surface area contributed by atoms with Crippen LogP contribution in [-0.2, 0) is 9.59 Å². The van der Waals surface area contributed by atoms with E-state index in [0.29, 0.717) is 37.5 Å². The average molecular weight is 414 g/mol. The standard InChI is InChI=1S/C23H31N3O4/c1-16(27)26-14-19-22(7-8-23(19,15-26)21(29)24-2)9-11-25(12-10-22)20(28)17-5-4-6-18(13-17)30-3/h4-6,13,19H,7-12,14-15H2,1-3H3,(H,24,29)/t19-,23+/m0/s1. The Labute approximate surface area is 177 Å². The molecule has 0 radical (unpaired) electrons. The van der Waals surface area contributed by atoms with E-state index in [4.69, 9.17) is 4.74 Å². The van der Waals surface area contributed by atoms with Crippen LogP contribution in [0.5, 0.6) is 5.75 Å². The second-order valence-electron chi connectivity index (χ2n) is 9.07. The lowest BCUT2D eigenvalue weighted by Gasteiger charge is -2.44. The van der Waals surface area contributed by atoms with Gasteiger partial charge in [-0.25, -0.2) is 0 Å². The van der Waals surface area contributed by atoms with Gasteiger partial charge in [0.2, 0.25) is 11.8 Å². The number of carbonyl (C=O) groups excluding carboxylic acids is 3. The van der Waals surface area contributed by atoms with Crippen molar-refractivity contribution in [3.63, 3.8) is 0 Å². The Balaban J connectivity index is 1.51. The second kappa shape index (κ2) is 7.60. The van der Waals surface area contributed by atoms with Crippen LogP contribution in [0.15, 0.2) is 24.3 Å². The molecule has 1 aromatic carbocycles. The molecule has 0 aromatic heterocycles. The van der Waals surface area contributed by atoms with E-state index in [1.165, 1.54) is 0 Å². The molecule has 1 aliphatic carbocycles. The van der Waals surface area contributed by atoms with Gasteiger partial charge in [-0.2, -0.15) is 0 Å². The maximum atomic E-state index is 13.0. The Bertz CT molecular complexity index is 862. The van der Waals surface area contributed by atoms with Crippen molar-refractivity contribution in [2.24, 2.45) is 16.7 Å². The number of hydrogen-bond donors (Lipinski definition) is 1. The van der Waals surface area contributed by atoms with Crippen molar-refractivity contribution >= 4 is 17.7 Å². The molecule has 4 rings (SSSR count). The highest BCUT2D eigenvalue weighted by molar-refractivity contribution is 5.94. The number of piperidine rings is 1. The second-order valence-corrected chi connectivity index (χ2v) is 9.07. The van der Waals surface area contributed by atoms with Gasteiger partial charge in [0, 0.05) is 45.7 Å². The van der Waals surface area contributed by atoms with Crippen molar-refractivity contribution in [2.45, 2.75) is 32.6 Å². The molecule has 162 valence electrons. The first kappa shape index (κ1) is 20.7. The molecule has 3 amide bonds. The van der Waals surface area contributed by atoms with Gasteiger partial charge in [0.05, 0.1) is 12.5 Å². The van der Waals surface area contributed by atoms with E-state index in [0.717, 1.165) is 25.7 Å². The van der Waals surface area contributed by atoms with Crippen molar-refractivity contribution in [3.8, 4) is 5.75 Å². The molecule has 0 bridgehead atoms. The fourth-order valence-electron chi connectivity index (χ4n) is 6.11. The van der Waals surface area contributed by atoms with E-state index in [-0.39, 0.29) is 29.1 Å². The molecule has 2 aliphatic heterocycles. The summed E-state index contributed by atoms with van der Waals surface area (Å²) in [5.74, 6) is 0.950. The zero-order chi connectivity index (χ0) is 21.5. The van der Waals surface area contributed by atoms with Crippen molar-refractivity contribution in [1.29, 1.82) is 0 Å². The molecule has 2 heterocycles. The molecule has 7 heteroatoms. The number of nitrogens with one attached hydrogen (secondary N) is 1. The molecule has 7 nitrogen and oxygen atoms in total. The molecule has 30 heavy (non-hydrogen) atoms. The van der Waals surface area contributed by atoms with Crippen molar-refractivity contribution in [3.05, 3.63) is 29.8 Å². The number of rotatable bonds is 3. The maximum Gasteiger partial charge on any atom is 0.253 e. The number of likely N-dealkylation sites (tertiary alicyclic amines) is 2. The van der Waals surface area contributed by atoms with Crippen molar-refractivity contribution in [2.75, 3.05) is 40.3 Å².